The molecule has 6 heteroatoms. The van der Waals surface area contributed by atoms with E-state index >= 15 is 0 Å². The standard InChI is InChI=1S/C12H17N3O2S/c1-8-7-18-12(14-8)10-9(16)6-15(11(10)13)4-3-5-17-2/h7,13,16H,3-6H2,1-2H3. The quantitative estimate of drug-likeness (QED) is 0.801. The Labute approximate surface area is 110 Å². The Kier molecular flexibility index (Phi) is 3.98. The zero-order valence-corrected chi connectivity index (χ0v) is 11.4. The maximum atomic E-state index is 9.98. The van der Waals surface area contributed by atoms with Gasteiger partial charge in [0.1, 0.15) is 16.6 Å². The van der Waals surface area contributed by atoms with Gasteiger partial charge in [0, 0.05) is 31.3 Å². The number of rotatable bonds is 5. The van der Waals surface area contributed by atoms with E-state index in [-0.39, 0.29) is 5.76 Å². The topological polar surface area (TPSA) is 69.4 Å². The minimum Gasteiger partial charge on any atom is -0.510 e. The monoisotopic (exact) mass is 267 g/mol. The molecule has 0 saturated heterocycles. The van der Waals surface area contributed by atoms with Crippen LogP contribution in [0.5, 0.6) is 0 Å². The van der Waals surface area contributed by atoms with Crippen molar-refractivity contribution in [1.82, 2.24) is 9.88 Å². The summed E-state index contributed by atoms with van der Waals surface area (Å²) in [6.45, 7) is 3.68. The predicted octanol–water partition coefficient (Wildman–Crippen LogP) is 2.05. The second-order valence-electron chi connectivity index (χ2n) is 4.23. The molecule has 0 spiro atoms. The molecule has 1 aromatic heterocycles. The van der Waals surface area contributed by atoms with Crippen molar-refractivity contribution < 1.29 is 9.84 Å². The summed E-state index contributed by atoms with van der Waals surface area (Å²) in [6, 6.07) is 0. The van der Waals surface area contributed by atoms with Crippen molar-refractivity contribution in [3.63, 3.8) is 0 Å². The van der Waals surface area contributed by atoms with E-state index in [0.717, 1.165) is 17.1 Å². The minimum atomic E-state index is 0.242. The maximum Gasteiger partial charge on any atom is 0.135 e. The van der Waals surface area contributed by atoms with Gasteiger partial charge >= 0.3 is 0 Å². The van der Waals surface area contributed by atoms with E-state index in [9.17, 15) is 5.11 Å². The molecule has 0 saturated carbocycles. The van der Waals surface area contributed by atoms with Gasteiger partial charge in [0.25, 0.3) is 0 Å². The van der Waals surface area contributed by atoms with Gasteiger partial charge in [-0.1, -0.05) is 0 Å². The zero-order valence-electron chi connectivity index (χ0n) is 10.6. The van der Waals surface area contributed by atoms with E-state index in [2.05, 4.69) is 4.98 Å². The van der Waals surface area contributed by atoms with Crippen LogP contribution in [0.25, 0.3) is 5.57 Å². The Morgan fingerprint density at radius 2 is 2.39 bits per heavy atom. The number of aliphatic hydroxyl groups excluding tert-OH is 1. The molecule has 0 atom stereocenters. The highest BCUT2D eigenvalue weighted by molar-refractivity contribution is 7.11. The van der Waals surface area contributed by atoms with Gasteiger partial charge in [-0.05, 0) is 13.3 Å². The summed E-state index contributed by atoms with van der Waals surface area (Å²) in [5.41, 5.74) is 1.49. The molecule has 18 heavy (non-hydrogen) atoms. The first-order valence-electron chi connectivity index (χ1n) is 5.81. The highest BCUT2D eigenvalue weighted by Crippen LogP contribution is 2.29. The number of ether oxygens (including phenoxy) is 1. The van der Waals surface area contributed by atoms with Crippen molar-refractivity contribution in [1.29, 1.82) is 5.41 Å². The number of aromatic nitrogens is 1. The van der Waals surface area contributed by atoms with Crippen LogP contribution in [-0.2, 0) is 4.74 Å². The molecule has 0 fully saturated rings. The molecule has 1 aromatic rings. The first-order chi connectivity index (χ1) is 8.63. The van der Waals surface area contributed by atoms with E-state index in [1.807, 2.05) is 17.2 Å². The second-order valence-corrected chi connectivity index (χ2v) is 5.09. The van der Waals surface area contributed by atoms with E-state index < -0.39 is 0 Å². The average molecular weight is 267 g/mol. The zero-order chi connectivity index (χ0) is 13.1. The Hall–Kier alpha value is -1.40. The van der Waals surface area contributed by atoms with Gasteiger partial charge < -0.3 is 14.7 Å². The number of amidine groups is 1. The molecule has 0 bridgehead atoms. The SMILES string of the molecule is COCCCN1CC(O)=C(c2nc(C)cs2)C1=N. The molecule has 1 aliphatic rings. The maximum absolute atomic E-state index is 9.98. The smallest absolute Gasteiger partial charge is 0.135 e. The number of hydrogen-bond donors (Lipinski definition) is 2. The summed E-state index contributed by atoms with van der Waals surface area (Å²) < 4.78 is 4.99. The molecule has 0 unspecified atom stereocenters. The number of methoxy groups -OCH3 is 1. The predicted molar refractivity (Wildman–Crippen MR) is 72.2 cm³/mol. The third-order valence-electron chi connectivity index (χ3n) is 2.79. The lowest BCUT2D eigenvalue weighted by Crippen LogP contribution is -2.28. The normalized spacial score (nSPS) is 15.9. The molecule has 2 rings (SSSR count). The Morgan fingerprint density at radius 1 is 1.61 bits per heavy atom. The molecule has 98 valence electrons. The lowest BCUT2D eigenvalue weighted by Gasteiger charge is -2.17. The summed E-state index contributed by atoms with van der Waals surface area (Å²) in [5.74, 6) is 0.602. The Bertz CT molecular complexity index is 481. The molecule has 0 radical (unpaired) electrons. The lowest BCUT2D eigenvalue weighted by atomic mass is 10.2. The van der Waals surface area contributed by atoms with E-state index in [1.165, 1.54) is 11.3 Å². The number of aryl methyl sites for hydroxylation is 1. The fourth-order valence-electron chi connectivity index (χ4n) is 1.92. The molecule has 0 amide bonds. The Morgan fingerprint density at radius 3 is 3.00 bits per heavy atom. The van der Waals surface area contributed by atoms with Crippen LogP contribution in [0.2, 0.25) is 0 Å². The first kappa shape index (κ1) is 13.0. The van der Waals surface area contributed by atoms with Gasteiger partial charge in [0.2, 0.25) is 0 Å². The fraction of sp³-hybridized carbons (Fsp3) is 0.500. The van der Waals surface area contributed by atoms with Gasteiger partial charge in [-0.2, -0.15) is 0 Å². The molecule has 0 aliphatic carbocycles. The molecule has 2 heterocycles. The van der Waals surface area contributed by atoms with Crippen molar-refractivity contribution in [3.05, 3.63) is 21.8 Å². The van der Waals surface area contributed by atoms with Crippen molar-refractivity contribution in [2.24, 2.45) is 0 Å². The van der Waals surface area contributed by atoms with Crippen molar-refractivity contribution >= 4 is 22.7 Å². The van der Waals surface area contributed by atoms with Crippen molar-refractivity contribution in [2.45, 2.75) is 13.3 Å². The van der Waals surface area contributed by atoms with Crippen molar-refractivity contribution in [2.75, 3.05) is 26.8 Å². The first-order valence-corrected chi connectivity index (χ1v) is 6.69. The van der Waals surface area contributed by atoms with Gasteiger partial charge in [-0.15, -0.1) is 11.3 Å². The van der Waals surface area contributed by atoms with Crippen molar-refractivity contribution in [3.8, 4) is 0 Å². The highest BCUT2D eigenvalue weighted by Gasteiger charge is 2.29. The summed E-state index contributed by atoms with van der Waals surface area (Å²) in [6.07, 6.45) is 0.844. The lowest BCUT2D eigenvalue weighted by molar-refractivity contribution is 0.186. The number of hydrogen-bond acceptors (Lipinski definition) is 5. The van der Waals surface area contributed by atoms with E-state index in [4.69, 9.17) is 10.1 Å². The van der Waals surface area contributed by atoms with Crippen LogP contribution < -0.4 is 0 Å². The van der Waals surface area contributed by atoms with Crippen LogP contribution in [0.15, 0.2) is 11.1 Å². The largest absolute Gasteiger partial charge is 0.510 e. The minimum absolute atomic E-state index is 0.242. The molecular formula is C12H17N3O2S. The molecule has 2 N–H and O–H groups in total. The summed E-state index contributed by atoms with van der Waals surface area (Å²) in [4.78, 5) is 6.18. The Balaban J connectivity index is 2.08. The van der Waals surface area contributed by atoms with Gasteiger partial charge in [0.15, 0.2) is 0 Å². The summed E-state index contributed by atoms with van der Waals surface area (Å²) >= 11 is 1.46. The van der Waals surface area contributed by atoms with E-state index in [0.29, 0.717) is 31.1 Å². The molecule has 0 aromatic carbocycles. The van der Waals surface area contributed by atoms with Crippen LogP contribution in [0, 0.1) is 12.3 Å². The van der Waals surface area contributed by atoms with Crippen LogP contribution in [0.1, 0.15) is 17.1 Å². The average Bonchev–Trinajstić information content (AvgIpc) is 2.85. The number of nitrogens with one attached hydrogen (secondary N) is 1. The van der Waals surface area contributed by atoms with Crippen LogP contribution in [-0.4, -0.2) is 47.6 Å². The van der Waals surface area contributed by atoms with Crippen LogP contribution >= 0.6 is 11.3 Å². The van der Waals surface area contributed by atoms with Gasteiger partial charge in [0.05, 0.1) is 12.1 Å². The second kappa shape index (κ2) is 5.49. The third-order valence-corrected chi connectivity index (χ3v) is 3.77. The highest BCUT2D eigenvalue weighted by atomic mass is 32.1. The van der Waals surface area contributed by atoms with E-state index in [1.54, 1.807) is 7.11 Å². The van der Waals surface area contributed by atoms with Crippen LogP contribution in [0.3, 0.4) is 0 Å². The fourth-order valence-corrected chi connectivity index (χ4v) is 2.78. The summed E-state index contributed by atoms with van der Waals surface area (Å²) in [7, 11) is 1.66. The summed E-state index contributed by atoms with van der Waals surface area (Å²) in [5, 5.41) is 20.7. The molecule has 5 nitrogen and oxygen atoms in total. The molecular weight excluding hydrogens is 250 g/mol. The molecule has 1 aliphatic heterocycles. The van der Waals surface area contributed by atoms with Crippen LogP contribution in [0.4, 0.5) is 0 Å². The number of nitrogens with zero attached hydrogens (tertiary/aromatic N) is 2. The van der Waals surface area contributed by atoms with Gasteiger partial charge in [-0.25, -0.2) is 4.98 Å². The number of thiazole rings is 1. The van der Waals surface area contributed by atoms with Gasteiger partial charge in [-0.3, -0.25) is 5.41 Å². The number of aliphatic hydroxyl groups is 1. The third kappa shape index (κ3) is 2.54.